The van der Waals surface area contributed by atoms with Crippen LogP contribution in [0.3, 0.4) is 0 Å². The zero-order valence-electron chi connectivity index (χ0n) is 11.9. The van der Waals surface area contributed by atoms with Crippen LogP contribution in [0.5, 0.6) is 11.5 Å². The molecule has 0 saturated heterocycles. The van der Waals surface area contributed by atoms with Gasteiger partial charge in [-0.15, -0.1) is 0 Å². The summed E-state index contributed by atoms with van der Waals surface area (Å²) in [5, 5.41) is 0. The average molecular weight is 332 g/mol. The van der Waals surface area contributed by atoms with Crippen molar-refractivity contribution in [2.75, 3.05) is 20.8 Å². The van der Waals surface area contributed by atoms with Crippen LogP contribution in [0.4, 0.5) is 0 Å². The Morgan fingerprint density at radius 3 is 2.47 bits per heavy atom. The number of ether oxygens (including phenoxy) is 3. The zero-order valence-corrected chi connectivity index (χ0v) is 13.5. The maximum absolute atomic E-state index is 5.82. The van der Waals surface area contributed by atoms with E-state index in [4.69, 9.17) is 19.9 Å². The van der Waals surface area contributed by atoms with Crippen molar-refractivity contribution < 1.29 is 14.2 Å². The molecule has 1 rings (SSSR count). The quantitative estimate of drug-likeness (QED) is 0.834. The third-order valence-electron chi connectivity index (χ3n) is 2.71. The van der Waals surface area contributed by atoms with E-state index in [1.165, 1.54) is 0 Å². The predicted octanol–water partition coefficient (Wildman–Crippen LogP) is 2.76. The molecule has 0 aliphatic carbocycles. The summed E-state index contributed by atoms with van der Waals surface area (Å²) < 4.78 is 17.2. The largest absolute Gasteiger partial charge is 0.493 e. The van der Waals surface area contributed by atoms with E-state index >= 15 is 0 Å². The molecule has 5 heteroatoms. The van der Waals surface area contributed by atoms with Gasteiger partial charge in [0.2, 0.25) is 0 Å². The van der Waals surface area contributed by atoms with Crippen molar-refractivity contribution in [1.82, 2.24) is 0 Å². The summed E-state index contributed by atoms with van der Waals surface area (Å²) in [6.45, 7) is 4.40. The Hall–Kier alpha value is -0.780. The lowest BCUT2D eigenvalue weighted by Gasteiger charge is -2.17. The van der Waals surface area contributed by atoms with E-state index < -0.39 is 0 Å². The number of nitrogens with two attached hydrogens (primary N) is 1. The molecule has 0 bridgehead atoms. The maximum Gasteiger partial charge on any atom is 0.175 e. The first-order valence-corrected chi connectivity index (χ1v) is 7.04. The number of hydrogen-bond acceptors (Lipinski definition) is 4. The van der Waals surface area contributed by atoms with Gasteiger partial charge >= 0.3 is 0 Å². The highest BCUT2D eigenvalue weighted by Crippen LogP contribution is 2.37. The van der Waals surface area contributed by atoms with Crippen LogP contribution in [-0.4, -0.2) is 33.0 Å². The van der Waals surface area contributed by atoms with Crippen LogP contribution in [0.25, 0.3) is 0 Å². The standard InChI is InChI=1S/C14H22BrNO3/c1-9(16)5-11-6-12(15)14(13(7-11)18-4)19-8-10(2)17-3/h6-7,9-10H,5,8,16H2,1-4H3. The molecule has 4 nitrogen and oxygen atoms in total. The van der Waals surface area contributed by atoms with E-state index in [1.807, 2.05) is 26.0 Å². The smallest absolute Gasteiger partial charge is 0.175 e. The minimum Gasteiger partial charge on any atom is -0.493 e. The molecule has 0 amide bonds. The van der Waals surface area contributed by atoms with Gasteiger partial charge in [-0.25, -0.2) is 0 Å². The Morgan fingerprint density at radius 2 is 1.95 bits per heavy atom. The molecule has 0 aromatic heterocycles. The highest BCUT2D eigenvalue weighted by Gasteiger charge is 2.13. The molecule has 19 heavy (non-hydrogen) atoms. The van der Waals surface area contributed by atoms with Gasteiger partial charge in [-0.05, 0) is 53.9 Å². The third-order valence-corrected chi connectivity index (χ3v) is 3.30. The molecule has 0 fully saturated rings. The number of halogens is 1. The fourth-order valence-electron chi connectivity index (χ4n) is 1.67. The molecule has 1 aromatic carbocycles. The molecule has 0 aliphatic heterocycles. The van der Waals surface area contributed by atoms with E-state index in [2.05, 4.69) is 15.9 Å². The van der Waals surface area contributed by atoms with Crippen molar-refractivity contribution in [3.05, 3.63) is 22.2 Å². The zero-order chi connectivity index (χ0) is 14.4. The van der Waals surface area contributed by atoms with Crippen molar-refractivity contribution in [3.63, 3.8) is 0 Å². The minimum absolute atomic E-state index is 0.0281. The number of benzene rings is 1. The van der Waals surface area contributed by atoms with Gasteiger partial charge in [-0.1, -0.05) is 0 Å². The van der Waals surface area contributed by atoms with Gasteiger partial charge in [0.15, 0.2) is 11.5 Å². The van der Waals surface area contributed by atoms with Crippen molar-refractivity contribution in [1.29, 1.82) is 0 Å². The second-order valence-corrected chi connectivity index (χ2v) is 5.50. The first-order chi connectivity index (χ1) is 8.97. The van der Waals surface area contributed by atoms with Gasteiger partial charge in [-0.2, -0.15) is 0 Å². The summed E-state index contributed by atoms with van der Waals surface area (Å²) in [5.74, 6) is 1.40. The minimum atomic E-state index is 0.0281. The molecule has 0 saturated carbocycles. The highest BCUT2D eigenvalue weighted by atomic mass is 79.9. The van der Waals surface area contributed by atoms with Crippen LogP contribution in [-0.2, 0) is 11.2 Å². The summed E-state index contributed by atoms with van der Waals surface area (Å²) in [6, 6.07) is 4.08. The summed E-state index contributed by atoms with van der Waals surface area (Å²) in [6.07, 6.45) is 0.823. The van der Waals surface area contributed by atoms with Crippen LogP contribution in [0, 0.1) is 0 Å². The van der Waals surface area contributed by atoms with Crippen LogP contribution < -0.4 is 15.2 Å². The summed E-state index contributed by atoms with van der Waals surface area (Å²) in [4.78, 5) is 0. The van der Waals surface area contributed by atoms with E-state index in [0.29, 0.717) is 18.1 Å². The lowest BCUT2D eigenvalue weighted by atomic mass is 10.1. The molecule has 2 N–H and O–H groups in total. The van der Waals surface area contributed by atoms with Gasteiger partial charge < -0.3 is 19.9 Å². The van der Waals surface area contributed by atoms with E-state index in [0.717, 1.165) is 16.5 Å². The van der Waals surface area contributed by atoms with Crippen LogP contribution >= 0.6 is 15.9 Å². The molecule has 0 spiro atoms. The van der Waals surface area contributed by atoms with E-state index in [1.54, 1.807) is 14.2 Å². The third kappa shape index (κ3) is 5.01. The summed E-state index contributed by atoms with van der Waals surface area (Å²) in [5.41, 5.74) is 6.93. The number of methoxy groups -OCH3 is 2. The predicted molar refractivity (Wildman–Crippen MR) is 80.0 cm³/mol. The van der Waals surface area contributed by atoms with Gasteiger partial charge in [0.1, 0.15) is 6.61 Å². The van der Waals surface area contributed by atoms with Crippen LogP contribution in [0.1, 0.15) is 19.4 Å². The molecular weight excluding hydrogens is 310 g/mol. The Balaban J connectivity index is 2.91. The molecule has 1 aromatic rings. The lowest BCUT2D eigenvalue weighted by molar-refractivity contribution is 0.0703. The first-order valence-electron chi connectivity index (χ1n) is 6.25. The van der Waals surface area contributed by atoms with Crippen molar-refractivity contribution in [2.24, 2.45) is 5.73 Å². The monoisotopic (exact) mass is 331 g/mol. The molecule has 108 valence electrons. The molecule has 0 aliphatic rings. The van der Waals surface area contributed by atoms with Crippen LogP contribution in [0.2, 0.25) is 0 Å². The molecule has 2 unspecified atom stereocenters. The highest BCUT2D eigenvalue weighted by molar-refractivity contribution is 9.10. The Bertz CT molecular complexity index is 410. The molecular formula is C14H22BrNO3. The number of hydrogen-bond donors (Lipinski definition) is 1. The summed E-state index contributed by atoms with van der Waals surface area (Å²) in [7, 11) is 3.29. The lowest BCUT2D eigenvalue weighted by Crippen LogP contribution is -2.18. The average Bonchev–Trinajstić information content (AvgIpc) is 2.35. The topological polar surface area (TPSA) is 53.7 Å². The van der Waals surface area contributed by atoms with Gasteiger partial charge in [0.25, 0.3) is 0 Å². The first kappa shape index (κ1) is 16.3. The van der Waals surface area contributed by atoms with Gasteiger partial charge in [-0.3, -0.25) is 0 Å². The fraction of sp³-hybridized carbons (Fsp3) is 0.571. The Morgan fingerprint density at radius 1 is 1.26 bits per heavy atom. The Kier molecular flexibility index (Phi) is 6.62. The number of rotatable bonds is 7. The van der Waals surface area contributed by atoms with Crippen molar-refractivity contribution in [3.8, 4) is 11.5 Å². The molecule has 0 heterocycles. The van der Waals surface area contributed by atoms with E-state index in [9.17, 15) is 0 Å². The van der Waals surface area contributed by atoms with E-state index in [-0.39, 0.29) is 12.1 Å². The SMILES string of the molecule is COc1cc(CC(C)N)cc(Br)c1OCC(C)OC. The molecule has 2 atom stereocenters. The second-order valence-electron chi connectivity index (χ2n) is 4.65. The summed E-state index contributed by atoms with van der Waals surface area (Å²) >= 11 is 3.51. The van der Waals surface area contributed by atoms with Gasteiger partial charge in [0.05, 0.1) is 17.7 Å². The normalized spacial score (nSPS) is 14.0. The maximum atomic E-state index is 5.82. The fourth-order valence-corrected chi connectivity index (χ4v) is 2.28. The Labute approximate surface area is 123 Å². The van der Waals surface area contributed by atoms with Crippen LogP contribution in [0.15, 0.2) is 16.6 Å². The van der Waals surface area contributed by atoms with Gasteiger partial charge in [0, 0.05) is 13.2 Å². The van der Waals surface area contributed by atoms with Crippen molar-refractivity contribution in [2.45, 2.75) is 32.4 Å². The van der Waals surface area contributed by atoms with Crippen molar-refractivity contribution >= 4 is 15.9 Å². The molecule has 0 radical (unpaired) electrons. The second kappa shape index (κ2) is 7.72.